The summed E-state index contributed by atoms with van der Waals surface area (Å²) in [7, 11) is 0. The highest BCUT2D eigenvalue weighted by Gasteiger charge is 2.18. The van der Waals surface area contributed by atoms with Crippen LogP contribution in [0.1, 0.15) is 26.3 Å². The van der Waals surface area contributed by atoms with E-state index in [1.54, 1.807) is 27.0 Å². The molecule has 2 amide bonds. The predicted molar refractivity (Wildman–Crippen MR) is 89.1 cm³/mol. The summed E-state index contributed by atoms with van der Waals surface area (Å²) in [5.41, 5.74) is 0.282. The highest BCUT2D eigenvalue weighted by atomic mass is 127. The lowest BCUT2D eigenvalue weighted by atomic mass is 10.2. The van der Waals surface area contributed by atoms with Crippen LogP contribution in [0.4, 0.5) is 9.59 Å². The fraction of sp³-hybridized carbons (Fsp3) is 0.462. The van der Waals surface area contributed by atoms with Crippen molar-refractivity contribution in [3.8, 4) is 0 Å². The number of alkyl carbamates (subject to hydrolysis) is 2. The Labute approximate surface area is 145 Å². The standard InChI is InChI=1S/C13H16BrIN2O4/c1-13(2,3)21-12(19)17-11(18)20-7-5-8-9(14)4-6-16-10(8)15/h4,6H,5,7H2,1-3H3,(H,17,18,19). The second kappa shape index (κ2) is 7.92. The predicted octanol–water partition coefficient (Wildman–Crippen LogP) is 3.65. The van der Waals surface area contributed by atoms with E-state index in [1.165, 1.54) is 0 Å². The fourth-order valence-corrected chi connectivity index (χ4v) is 2.93. The largest absolute Gasteiger partial charge is 0.449 e. The molecule has 0 atom stereocenters. The van der Waals surface area contributed by atoms with Gasteiger partial charge in [-0.25, -0.2) is 19.9 Å². The third-order valence-corrected chi connectivity index (χ3v) is 3.81. The zero-order valence-electron chi connectivity index (χ0n) is 11.9. The van der Waals surface area contributed by atoms with Crippen molar-refractivity contribution in [1.82, 2.24) is 10.3 Å². The van der Waals surface area contributed by atoms with Gasteiger partial charge in [0.05, 0.1) is 6.61 Å². The average Bonchev–Trinajstić information content (AvgIpc) is 2.30. The first-order chi connectivity index (χ1) is 9.69. The molecule has 0 aliphatic rings. The minimum Gasteiger partial charge on any atom is -0.449 e. The molecule has 21 heavy (non-hydrogen) atoms. The number of nitrogens with one attached hydrogen (secondary N) is 1. The van der Waals surface area contributed by atoms with Gasteiger partial charge in [-0.3, -0.25) is 0 Å². The summed E-state index contributed by atoms with van der Waals surface area (Å²) in [4.78, 5) is 26.9. The second-order valence-electron chi connectivity index (χ2n) is 5.07. The number of halogens is 2. The summed E-state index contributed by atoms with van der Waals surface area (Å²) >= 11 is 5.52. The van der Waals surface area contributed by atoms with E-state index in [1.807, 2.05) is 11.4 Å². The average molecular weight is 471 g/mol. The first kappa shape index (κ1) is 18.1. The van der Waals surface area contributed by atoms with Crippen LogP contribution in [0.3, 0.4) is 0 Å². The molecule has 0 saturated heterocycles. The number of carbonyl (C=O) groups excluding carboxylic acids is 2. The van der Waals surface area contributed by atoms with Crippen molar-refractivity contribution in [2.45, 2.75) is 32.8 Å². The number of hydrogen-bond donors (Lipinski definition) is 1. The fourth-order valence-electron chi connectivity index (χ4n) is 1.34. The van der Waals surface area contributed by atoms with Crippen LogP contribution in [-0.2, 0) is 15.9 Å². The maximum Gasteiger partial charge on any atom is 0.417 e. The second-order valence-corrected chi connectivity index (χ2v) is 6.95. The van der Waals surface area contributed by atoms with Crippen LogP contribution >= 0.6 is 38.5 Å². The van der Waals surface area contributed by atoms with Crippen LogP contribution < -0.4 is 5.32 Å². The number of carbonyl (C=O) groups is 2. The molecule has 6 nitrogen and oxygen atoms in total. The number of nitrogens with zero attached hydrogens (tertiary/aromatic N) is 1. The molecule has 0 aliphatic carbocycles. The van der Waals surface area contributed by atoms with Crippen molar-refractivity contribution in [1.29, 1.82) is 0 Å². The van der Waals surface area contributed by atoms with Gasteiger partial charge in [-0.1, -0.05) is 15.9 Å². The van der Waals surface area contributed by atoms with E-state index in [0.29, 0.717) is 6.42 Å². The Morgan fingerprint density at radius 1 is 1.38 bits per heavy atom. The Hall–Kier alpha value is -0.900. The number of aromatic nitrogens is 1. The molecule has 0 aromatic carbocycles. The molecule has 0 spiro atoms. The molecule has 116 valence electrons. The molecule has 0 bridgehead atoms. The molecule has 0 radical (unpaired) electrons. The van der Waals surface area contributed by atoms with Gasteiger partial charge in [0.2, 0.25) is 0 Å². The SMILES string of the molecule is CC(C)(C)OC(=O)NC(=O)OCCc1c(Br)ccnc1I. The molecular formula is C13H16BrIN2O4. The number of hydrogen-bond acceptors (Lipinski definition) is 5. The van der Waals surface area contributed by atoms with E-state index >= 15 is 0 Å². The Balaban J connectivity index is 2.39. The van der Waals surface area contributed by atoms with E-state index in [-0.39, 0.29) is 6.61 Å². The van der Waals surface area contributed by atoms with Crippen molar-refractivity contribution in [3.05, 3.63) is 26.0 Å². The van der Waals surface area contributed by atoms with E-state index < -0.39 is 17.8 Å². The van der Waals surface area contributed by atoms with Gasteiger partial charge in [-0.05, 0) is 49.4 Å². The van der Waals surface area contributed by atoms with Gasteiger partial charge in [0.15, 0.2) is 0 Å². The number of amides is 2. The van der Waals surface area contributed by atoms with Crippen molar-refractivity contribution in [3.63, 3.8) is 0 Å². The summed E-state index contributed by atoms with van der Waals surface area (Å²) in [6, 6.07) is 1.82. The summed E-state index contributed by atoms with van der Waals surface area (Å²) in [5, 5.41) is 2.00. The summed E-state index contributed by atoms with van der Waals surface area (Å²) < 4.78 is 11.6. The van der Waals surface area contributed by atoms with Gasteiger partial charge < -0.3 is 9.47 Å². The summed E-state index contributed by atoms with van der Waals surface area (Å²) in [6.45, 7) is 5.26. The zero-order chi connectivity index (χ0) is 16.0. The smallest absolute Gasteiger partial charge is 0.417 e. The van der Waals surface area contributed by atoms with E-state index in [9.17, 15) is 9.59 Å². The molecule has 1 N–H and O–H groups in total. The zero-order valence-corrected chi connectivity index (χ0v) is 15.6. The first-order valence-corrected chi connectivity index (χ1v) is 8.02. The topological polar surface area (TPSA) is 77.5 Å². The molecule has 0 unspecified atom stereocenters. The van der Waals surface area contributed by atoms with Crippen molar-refractivity contribution < 1.29 is 19.1 Å². The normalized spacial score (nSPS) is 10.9. The summed E-state index contributed by atoms with van der Waals surface area (Å²) in [6.07, 6.45) is 0.517. The molecule has 1 aromatic rings. The maximum atomic E-state index is 11.4. The Bertz CT molecular complexity index is 511. The maximum absolute atomic E-state index is 11.4. The van der Waals surface area contributed by atoms with E-state index in [0.717, 1.165) is 13.7 Å². The Morgan fingerprint density at radius 3 is 2.62 bits per heavy atom. The molecule has 8 heteroatoms. The quantitative estimate of drug-likeness (QED) is 0.538. The van der Waals surface area contributed by atoms with E-state index in [2.05, 4.69) is 43.5 Å². The Morgan fingerprint density at radius 2 is 2.05 bits per heavy atom. The number of pyridine rings is 1. The van der Waals surface area contributed by atoms with Crippen LogP contribution in [0.2, 0.25) is 0 Å². The minimum atomic E-state index is -0.834. The van der Waals surface area contributed by atoms with Crippen LogP contribution in [0.15, 0.2) is 16.7 Å². The third kappa shape index (κ3) is 7.07. The first-order valence-electron chi connectivity index (χ1n) is 6.14. The molecule has 0 aliphatic heterocycles. The molecule has 1 aromatic heterocycles. The van der Waals surface area contributed by atoms with Gasteiger partial charge in [0.25, 0.3) is 0 Å². The van der Waals surface area contributed by atoms with Crippen molar-refractivity contribution >= 4 is 50.7 Å². The lowest BCUT2D eigenvalue weighted by Crippen LogP contribution is -2.36. The summed E-state index contributed by atoms with van der Waals surface area (Å²) in [5.74, 6) is 0. The van der Waals surface area contributed by atoms with Crippen molar-refractivity contribution in [2.75, 3.05) is 6.61 Å². The number of ether oxygens (including phenoxy) is 2. The van der Waals surface area contributed by atoms with Gasteiger partial charge in [-0.15, -0.1) is 0 Å². The lowest BCUT2D eigenvalue weighted by molar-refractivity contribution is 0.0511. The molecule has 0 saturated carbocycles. The minimum absolute atomic E-state index is 0.134. The van der Waals surface area contributed by atoms with Crippen molar-refractivity contribution in [2.24, 2.45) is 0 Å². The molecule has 1 rings (SSSR count). The number of imide groups is 1. The van der Waals surface area contributed by atoms with Crippen LogP contribution in [0.5, 0.6) is 0 Å². The number of rotatable bonds is 3. The van der Waals surface area contributed by atoms with Gasteiger partial charge >= 0.3 is 12.2 Å². The lowest BCUT2D eigenvalue weighted by Gasteiger charge is -2.19. The van der Waals surface area contributed by atoms with Crippen LogP contribution in [0, 0.1) is 3.70 Å². The van der Waals surface area contributed by atoms with Gasteiger partial charge in [-0.2, -0.15) is 0 Å². The molecule has 1 heterocycles. The molecule has 0 fully saturated rings. The van der Waals surface area contributed by atoms with Crippen LogP contribution in [0.25, 0.3) is 0 Å². The highest BCUT2D eigenvalue weighted by molar-refractivity contribution is 14.1. The Kier molecular flexibility index (Phi) is 6.85. The molecular weight excluding hydrogens is 455 g/mol. The van der Waals surface area contributed by atoms with E-state index in [4.69, 9.17) is 9.47 Å². The van der Waals surface area contributed by atoms with Crippen LogP contribution in [-0.4, -0.2) is 29.4 Å². The monoisotopic (exact) mass is 470 g/mol. The highest BCUT2D eigenvalue weighted by Crippen LogP contribution is 2.20. The van der Waals surface area contributed by atoms with Gasteiger partial charge in [0.1, 0.15) is 9.30 Å². The third-order valence-electron chi connectivity index (χ3n) is 2.13. The van der Waals surface area contributed by atoms with Gasteiger partial charge in [0, 0.05) is 22.7 Å².